The standard InChI is InChI=1S/C30H30F4N6O/c31-20-5-6-21(32)27-24(20)19(12-35-27)23-22(33)11-18-26(25(23)34)37-29(41-15-30-7-1-9-40(30)10-2-8-30)38-28(18)39-13-16-3-4-17(14-39)36-16/h5-6,11-12,16-17,35-36H,1-4,7-10,13-15H2/t16-,17+. The Morgan fingerprint density at radius 2 is 1.68 bits per heavy atom. The van der Waals surface area contributed by atoms with E-state index in [-0.39, 0.29) is 51.0 Å². The van der Waals surface area contributed by atoms with Crippen LogP contribution in [-0.2, 0) is 0 Å². The van der Waals surface area contributed by atoms with Crippen molar-refractivity contribution in [3.63, 3.8) is 0 Å². The molecule has 2 aromatic carbocycles. The summed E-state index contributed by atoms with van der Waals surface area (Å²) in [5, 5.41) is 3.59. The molecule has 2 atom stereocenters. The molecule has 7 nitrogen and oxygen atoms in total. The molecular weight excluding hydrogens is 536 g/mol. The summed E-state index contributed by atoms with van der Waals surface area (Å²) in [7, 11) is 0. The minimum atomic E-state index is -0.960. The van der Waals surface area contributed by atoms with Gasteiger partial charge in [-0.3, -0.25) is 4.90 Å². The molecule has 0 spiro atoms. The fraction of sp³-hybridized carbons (Fsp3) is 0.467. The summed E-state index contributed by atoms with van der Waals surface area (Å²) < 4.78 is 67.7. The van der Waals surface area contributed by atoms with E-state index in [0.717, 1.165) is 63.7 Å². The number of nitrogens with zero attached hydrogens (tertiary/aromatic N) is 4. The van der Waals surface area contributed by atoms with Gasteiger partial charge in [0.1, 0.15) is 35.4 Å². The van der Waals surface area contributed by atoms with Gasteiger partial charge in [-0.2, -0.15) is 9.97 Å². The average molecular weight is 567 g/mol. The van der Waals surface area contributed by atoms with E-state index in [1.54, 1.807) is 0 Å². The maximum atomic E-state index is 16.4. The van der Waals surface area contributed by atoms with Crippen molar-refractivity contribution < 1.29 is 22.3 Å². The summed E-state index contributed by atoms with van der Waals surface area (Å²) in [4.78, 5) is 16.4. The molecular formula is C30H30F4N6O. The molecule has 214 valence electrons. The topological polar surface area (TPSA) is 69.3 Å². The molecule has 0 amide bonds. The summed E-state index contributed by atoms with van der Waals surface area (Å²) in [6.45, 7) is 3.77. The largest absolute Gasteiger partial charge is 0.461 e. The zero-order chi connectivity index (χ0) is 27.9. The predicted octanol–water partition coefficient (Wildman–Crippen LogP) is 5.28. The van der Waals surface area contributed by atoms with Crippen LogP contribution in [0.15, 0.2) is 24.4 Å². The van der Waals surface area contributed by atoms with Gasteiger partial charge in [-0.1, -0.05) is 0 Å². The predicted molar refractivity (Wildman–Crippen MR) is 147 cm³/mol. The Morgan fingerprint density at radius 1 is 0.951 bits per heavy atom. The number of aromatic amines is 1. The first-order valence-corrected chi connectivity index (χ1v) is 14.4. The molecule has 0 aliphatic carbocycles. The SMILES string of the molecule is Fc1cc2c(N3C[C@H]4CC[C@@H](C3)N4)nc(OCC34CCCN3CCC4)nc2c(F)c1-c1c[nH]c2c(F)ccc(F)c12. The Morgan fingerprint density at radius 3 is 2.44 bits per heavy atom. The van der Waals surface area contributed by atoms with Crippen molar-refractivity contribution in [2.45, 2.75) is 56.1 Å². The van der Waals surface area contributed by atoms with E-state index in [2.05, 4.69) is 25.1 Å². The number of H-pyrrole nitrogens is 1. The maximum absolute atomic E-state index is 16.4. The van der Waals surface area contributed by atoms with E-state index in [0.29, 0.717) is 25.5 Å². The highest BCUT2D eigenvalue weighted by molar-refractivity contribution is 6.00. The highest BCUT2D eigenvalue weighted by Gasteiger charge is 2.45. The minimum Gasteiger partial charge on any atom is -0.461 e. The fourth-order valence-corrected chi connectivity index (χ4v) is 7.71. The summed E-state index contributed by atoms with van der Waals surface area (Å²) in [5.74, 6) is -2.93. The molecule has 4 fully saturated rings. The van der Waals surface area contributed by atoms with Crippen LogP contribution < -0.4 is 15.0 Å². The van der Waals surface area contributed by atoms with Gasteiger partial charge < -0.3 is 19.9 Å². The van der Waals surface area contributed by atoms with Gasteiger partial charge in [-0.25, -0.2) is 17.6 Å². The van der Waals surface area contributed by atoms with E-state index in [4.69, 9.17) is 9.72 Å². The van der Waals surface area contributed by atoms with Crippen molar-refractivity contribution in [3.8, 4) is 17.1 Å². The van der Waals surface area contributed by atoms with Crippen LogP contribution in [0, 0.1) is 23.3 Å². The molecule has 4 aliphatic heterocycles. The van der Waals surface area contributed by atoms with E-state index in [9.17, 15) is 8.78 Å². The third-order valence-electron chi connectivity index (χ3n) is 9.64. The lowest BCUT2D eigenvalue weighted by Crippen LogP contribution is -2.51. The van der Waals surface area contributed by atoms with E-state index in [1.807, 2.05) is 0 Å². The quantitative estimate of drug-likeness (QED) is 0.321. The second-order valence-electron chi connectivity index (χ2n) is 12.0. The van der Waals surface area contributed by atoms with Gasteiger partial charge in [0.2, 0.25) is 0 Å². The van der Waals surface area contributed by atoms with Crippen LogP contribution in [0.3, 0.4) is 0 Å². The van der Waals surface area contributed by atoms with Gasteiger partial charge in [-0.15, -0.1) is 0 Å². The molecule has 4 aromatic rings. The van der Waals surface area contributed by atoms with Crippen molar-refractivity contribution >= 4 is 27.6 Å². The van der Waals surface area contributed by atoms with Gasteiger partial charge >= 0.3 is 6.01 Å². The number of hydrogen-bond acceptors (Lipinski definition) is 6. The molecule has 6 heterocycles. The van der Waals surface area contributed by atoms with Gasteiger partial charge in [0.25, 0.3) is 0 Å². The van der Waals surface area contributed by atoms with Gasteiger partial charge in [0.15, 0.2) is 5.82 Å². The van der Waals surface area contributed by atoms with E-state index < -0.39 is 28.8 Å². The van der Waals surface area contributed by atoms with E-state index in [1.165, 1.54) is 12.3 Å². The Kier molecular flexibility index (Phi) is 5.73. The number of ether oxygens (including phenoxy) is 1. The van der Waals surface area contributed by atoms with Crippen molar-refractivity contribution in [2.75, 3.05) is 37.7 Å². The lowest BCUT2D eigenvalue weighted by atomic mass is 9.95. The Balaban J connectivity index is 1.27. The van der Waals surface area contributed by atoms with Crippen LogP contribution in [0.4, 0.5) is 23.4 Å². The van der Waals surface area contributed by atoms with Crippen LogP contribution in [0.5, 0.6) is 6.01 Å². The lowest BCUT2D eigenvalue weighted by Gasteiger charge is -2.34. The van der Waals surface area contributed by atoms with Gasteiger partial charge in [0, 0.05) is 47.7 Å². The Hall–Kier alpha value is -3.44. The lowest BCUT2D eigenvalue weighted by molar-refractivity contribution is 0.108. The Labute approximate surface area is 233 Å². The number of piperazine rings is 1. The van der Waals surface area contributed by atoms with E-state index >= 15 is 8.78 Å². The van der Waals surface area contributed by atoms with Crippen molar-refractivity contribution in [1.29, 1.82) is 0 Å². The van der Waals surface area contributed by atoms with Gasteiger partial charge in [-0.05, 0) is 69.8 Å². The maximum Gasteiger partial charge on any atom is 0.319 e. The summed E-state index contributed by atoms with van der Waals surface area (Å²) >= 11 is 0. The number of aromatic nitrogens is 3. The molecule has 2 aromatic heterocycles. The fourth-order valence-electron chi connectivity index (χ4n) is 7.71. The normalized spacial score (nSPS) is 23.7. The molecule has 4 saturated heterocycles. The minimum absolute atomic E-state index is 0.0408. The molecule has 4 aliphatic rings. The summed E-state index contributed by atoms with van der Waals surface area (Å²) in [6.07, 6.45) is 7.56. The van der Waals surface area contributed by atoms with Gasteiger partial charge in [0.05, 0.1) is 16.6 Å². The number of benzene rings is 2. The zero-order valence-electron chi connectivity index (χ0n) is 22.5. The number of fused-ring (bicyclic) bond motifs is 5. The van der Waals surface area contributed by atoms with Crippen LogP contribution >= 0.6 is 0 Å². The first-order chi connectivity index (χ1) is 19.9. The highest BCUT2D eigenvalue weighted by Crippen LogP contribution is 2.42. The smallest absolute Gasteiger partial charge is 0.319 e. The first-order valence-electron chi connectivity index (χ1n) is 14.4. The molecule has 0 unspecified atom stereocenters. The van der Waals surface area contributed by atoms with Crippen LogP contribution in [0.25, 0.3) is 32.9 Å². The molecule has 8 rings (SSSR count). The van der Waals surface area contributed by atoms with Crippen LogP contribution in [0.1, 0.15) is 38.5 Å². The molecule has 2 bridgehead atoms. The zero-order valence-corrected chi connectivity index (χ0v) is 22.5. The monoisotopic (exact) mass is 566 g/mol. The summed E-state index contributed by atoms with van der Waals surface area (Å²) in [5.41, 5.74) is -0.904. The number of nitrogens with one attached hydrogen (secondary N) is 2. The molecule has 11 heteroatoms. The second kappa shape index (κ2) is 9.29. The van der Waals surface area contributed by atoms with Crippen molar-refractivity contribution in [1.82, 2.24) is 25.2 Å². The third-order valence-corrected chi connectivity index (χ3v) is 9.64. The molecule has 2 N–H and O–H groups in total. The Bertz CT molecular complexity index is 1670. The van der Waals surface area contributed by atoms with Crippen LogP contribution in [-0.4, -0.2) is 70.3 Å². The number of anilines is 1. The number of halogens is 4. The van der Waals surface area contributed by atoms with Crippen molar-refractivity contribution in [3.05, 3.63) is 47.7 Å². The third kappa shape index (κ3) is 3.92. The number of rotatable bonds is 5. The molecule has 41 heavy (non-hydrogen) atoms. The first kappa shape index (κ1) is 25.3. The number of hydrogen-bond donors (Lipinski definition) is 2. The average Bonchev–Trinajstić information content (AvgIpc) is 3.73. The molecule has 0 saturated carbocycles. The second-order valence-corrected chi connectivity index (χ2v) is 12.0. The van der Waals surface area contributed by atoms with Crippen LogP contribution in [0.2, 0.25) is 0 Å². The van der Waals surface area contributed by atoms with Crippen molar-refractivity contribution in [2.24, 2.45) is 0 Å². The highest BCUT2D eigenvalue weighted by atomic mass is 19.1. The molecule has 0 radical (unpaired) electrons. The summed E-state index contributed by atoms with van der Waals surface area (Å²) in [6, 6.07) is 3.71.